The SMILES string of the molecule is COC(=O)C(C)N.[Pb]. The Morgan fingerprint density at radius 3 is 2.12 bits per heavy atom. The summed E-state index contributed by atoms with van der Waals surface area (Å²) in [6.45, 7) is 1.58. The minimum atomic E-state index is -0.495. The van der Waals surface area contributed by atoms with Crippen LogP contribution in [-0.4, -0.2) is 46.4 Å². The molecule has 2 N–H and O–H groups in total. The summed E-state index contributed by atoms with van der Waals surface area (Å²) >= 11 is 0. The minimum absolute atomic E-state index is 0. The topological polar surface area (TPSA) is 52.3 Å². The van der Waals surface area contributed by atoms with Crippen LogP contribution in [0.4, 0.5) is 0 Å². The summed E-state index contributed by atoms with van der Waals surface area (Å²) in [5, 5.41) is 0. The molecule has 0 aromatic rings. The van der Waals surface area contributed by atoms with Crippen molar-refractivity contribution >= 4 is 33.3 Å². The molecule has 0 rings (SSSR count). The van der Waals surface area contributed by atoms with Crippen LogP contribution in [0.15, 0.2) is 0 Å². The minimum Gasteiger partial charge on any atom is -0.468 e. The van der Waals surface area contributed by atoms with Gasteiger partial charge in [0.15, 0.2) is 0 Å². The van der Waals surface area contributed by atoms with Crippen molar-refractivity contribution in [3.63, 3.8) is 0 Å². The second-order valence-electron chi connectivity index (χ2n) is 1.31. The van der Waals surface area contributed by atoms with E-state index < -0.39 is 6.04 Å². The van der Waals surface area contributed by atoms with Crippen molar-refractivity contribution in [1.82, 2.24) is 0 Å². The molecule has 0 saturated heterocycles. The Labute approximate surface area is 68.7 Å². The first-order valence-electron chi connectivity index (χ1n) is 2.02. The van der Waals surface area contributed by atoms with E-state index in [0.29, 0.717) is 0 Å². The second-order valence-corrected chi connectivity index (χ2v) is 1.31. The quantitative estimate of drug-likeness (QED) is 0.506. The Balaban J connectivity index is 0. The van der Waals surface area contributed by atoms with E-state index in [9.17, 15) is 4.79 Å². The van der Waals surface area contributed by atoms with E-state index in [1.54, 1.807) is 6.92 Å². The van der Waals surface area contributed by atoms with Crippen LogP contribution in [0.3, 0.4) is 0 Å². The molecule has 1 unspecified atom stereocenters. The zero-order valence-electron chi connectivity index (χ0n) is 4.97. The predicted octanol–water partition coefficient (Wildman–Crippen LogP) is -0.874. The molecule has 0 amide bonds. The molecule has 0 fully saturated rings. The van der Waals surface area contributed by atoms with E-state index >= 15 is 0 Å². The number of rotatable bonds is 1. The van der Waals surface area contributed by atoms with Gasteiger partial charge >= 0.3 is 5.97 Å². The Hall–Kier alpha value is 0.352. The molecule has 0 aliphatic carbocycles. The van der Waals surface area contributed by atoms with Gasteiger partial charge in [0.05, 0.1) is 7.11 Å². The summed E-state index contributed by atoms with van der Waals surface area (Å²) in [6, 6.07) is -0.495. The van der Waals surface area contributed by atoms with Gasteiger partial charge in [-0.2, -0.15) is 0 Å². The number of nitrogens with two attached hydrogens (primary N) is 1. The number of carbonyl (C=O) groups excluding carboxylic acids is 1. The van der Waals surface area contributed by atoms with Gasteiger partial charge in [-0.3, -0.25) is 4.79 Å². The molecule has 0 spiro atoms. The van der Waals surface area contributed by atoms with Gasteiger partial charge in [0.25, 0.3) is 0 Å². The van der Waals surface area contributed by atoms with Crippen molar-refractivity contribution in [2.45, 2.75) is 13.0 Å². The largest absolute Gasteiger partial charge is 0.468 e. The van der Waals surface area contributed by atoms with Gasteiger partial charge in [-0.05, 0) is 6.92 Å². The van der Waals surface area contributed by atoms with E-state index in [1.165, 1.54) is 7.11 Å². The van der Waals surface area contributed by atoms with Gasteiger partial charge in [-0.15, -0.1) is 0 Å². The molecule has 3 nitrogen and oxygen atoms in total. The smallest absolute Gasteiger partial charge is 0.322 e. The van der Waals surface area contributed by atoms with Crippen molar-refractivity contribution < 1.29 is 9.53 Å². The third-order valence-electron chi connectivity index (χ3n) is 0.573. The fourth-order valence-corrected chi connectivity index (χ4v) is 0.186. The van der Waals surface area contributed by atoms with E-state index in [0.717, 1.165) is 0 Å². The maximum absolute atomic E-state index is 10.2. The maximum atomic E-state index is 10.2. The van der Waals surface area contributed by atoms with Crippen LogP contribution in [-0.2, 0) is 9.53 Å². The van der Waals surface area contributed by atoms with Crippen molar-refractivity contribution in [3.8, 4) is 0 Å². The van der Waals surface area contributed by atoms with Gasteiger partial charge in [0, 0.05) is 27.3 Å². The molecule has 4 radical (unpaired) electrons. The molecule has 46 valence electrons. The maximum Gasteiger partial charge on any atom is 0.322 e. The molecule has 0 saturated carbocycles. The molecule has 0 aromatic carbocycles. The molecule has 0 bridgehead atoms. The first-order chi connectivity index (χ1) is 3.18. The van der Waals surface area contributed by atoms with E-state index in [1.807, 2.05) is 0 Å². The molecule has 4 heteroatoms. The molecular formula is C4H9NO2Pb. The zero-order chi connectivity index (χ0) is 5.86. The van der Waals surface area contributed by atoms with Crippen LogP contribution in [0.2, 0.25) is 0 Å². The Bertz CT molecular complexity index is 74.4. The Morgan fingerprint density at radius 2 is 2.12 bits per heavy atom. The zero-order valence-corrected chi connectivity index (χ0v) is 8.86. The molecule has 0 heterocycles. The van der Waals surface area contributed by atoms with Crippen LogP contribution in [0.25, 0.3) is 0 Å². The molecule has 1 atom stereocenters. The van der Waals surface area contributed by atoms with Crippen LogP contribution in [0.1, 0.15) is 6.92 Å². The van der Waals surface area contributed by atoms with E-state index in [4.69, 9.17) is 5.73 Å². The summed E-state index contributed by atoms with van der Waals surface area (Å²) in [7, 11) is 1.31. The van der Waals surface area contributed by atoms with Crippen molar-refractivity contribution in [2.75, 3.05) is 7.11 Å². The van der Waals surface area contributed by atoms with E-state index in [2.05, 4.69) is 4.74 Å². The summed E-state index contributed by atoms with van der Waals surface area (Å²) < 4.78 is 4.25. The Kier molecular flexibility index (Phi) is 7.68. The van der Waals surface area contributed by atoms with Crippen LogP contribution in [0.5, 0.6) is 0 Å². The third-order valence-corrected chi connectivity index (χ3v) is 0.573. The number of ether oxygens (including phenoxy) is 1. The standard InChI is InChI=1S/C4H9NO2.Pb/c1-3(5)4(6)7-2;/h3H,5H2,1-2H3;. The first kappa shape index (κ1) is 11.2. The van der Waals surface area contributed by atoms with Crippen molar-refractivity contribution in [2.24, 2.45) is 5.73 Å². The molecular weight excluding hydrogens is 301 g/mol. The van der Waals surface area contributed by atoms with Crippen LogP contribution in [0, 0.1) is 0 Å². The fraction of sp³-hybridized carbons (Fsp3) is 0.750. The van der Waals surface area contributed by atoms with Crippen LogP contribution < -0.4 is 5.73 Å². The normalized spacial score (nSPS) is 11.4. The van der Waals surface area contributed by atoms with Gasteiger partial charge in [-0.1, -0.05) is 0 Å². The molecule has 0 aliphatic heterocycles. The summed E-state index contributed by atoms with van der Waals surface area (Å²) in [5.74, 6) is -0.375. The van der Waals surface area contributed by atoms with Crippen molar-refractivity contribution in [3.05, 3.63) is 0 Å². The fourth-order valence-electron chi connectivity index (χ4n) is 0.186. The average Bonchev–Trinajstić information content (AvgIpc) is 1.65. The number of hydrogen-bond donors (Lipinski definition) is 1. The molecule has 0 aromatic heterocycles. The summed E-state index contributed by atoms with van der Waals surface area (Å²) in [5.41, 5.74) is 5.07. The molecule has 8 heavy (non-hydrogen) atoms. The number of carbonyl (C=O) groups is 1. The van der Waals surface area contributed by atoms with Gasteiger partial charge in [0.1, 0.15) is 6.04 Å². The number of esters is 1. The monoisotopic (exact) mass is 311 g/mol. The number of hydrogen-bond acceptors (Lipinski definition) is 3. The second kappa shape index (κ2) is 5.49. The summed E-state index contributed by atoms with van der Waals surface area (Å²) in [6.07, 6.45) is 0. The molecule has 0 aliphatic rings. The predicted molar refractivity (Wildman–Crippen MR) is 31.4 cm³/mol. The van der Waals surface area contributed by atoms with Gasteiger partial charge in [-0.25, -0.2) is 0 Å². The third kappa shape index (κ3) is 4.51. The number of methoxy groups -OCH3 is 1. The first-order valence-corrected chi connectivity index (χ1v) is 2.02. The summed E-state index contributed by atoms with van der Waals surface area (Å²) in [4.78, 5) is 10.2. The van der Waals surface area contributed by atoms with Gasteiger partial charge in [0.2, 0.25) is 0 Å². The van der Waals surface area contributed by atoms with Crippen molar-refractivity contribution in [1.29, 1.82) is 0 Å². The van der Waals surface area contributed by atoms with Gasteiger partial charge < -0.3 is 10.5 Å². The Morgan fingerprint density at radius 1 is 1.75 bits per heavy atom. The van der Waals surface area contributed by atoms with Crippen LogP contribution >= 0.6 is 0 Å². The average molecular weight is 310 g/mol. The van der Waals surface area contributed by atoms with E-state index in [-0.39, 0.29) is 33.3 Å².